The molecule has 35 heavy (non-hydrogen) atoms. The number of ether oxygens (including phenoxy) is 1. The molecule has 0 radical (unpaired) electrons. The molecule has 184 valence electrons. The lowest BCUT2D eigenvalue weighted by Crippen LogP contribution is -2.50. The molecule has 2 aromatic heterocycles. The molecule has 2 aliphatic rings. The highest BCUT2D eigenvalue weighted by molar-refractivity contribution is 5.73. The lowest BCUT2D eigenvalue weighted by atomic mass is 10.00. The molecule has 5 rings (SSSR count). The largest absolute Gasteiger partial charge is 0.481 e. The molecule has 1 unspecified atom stereocenters. The topological polar surface area (TPSA) is 66.4 Å². The normalized spacial score (nSPS) is 17.5. The van der Waals surface area contributed by atoms with Crippen molar-refractivity contribution in [1.82, 2.24) is 19.9 Å². The maximum Gasteiger partial charge on any atom is 0.229 e. The predicted octanol–water partition coefficient (Wildman–Crippen LogP) is 5.28. The Morgan fingerprint density at radius 1 is 1.14 bits per heavy atom. The summed E-state index contributed by atoms with van der Waals surface area (Å²) in [7, 11) is 2.04. The van der Waals surface area contributed by atoms with Crippen molar-refractivity contribution in [1.29, 1.82) is 0 Å². The van der Waals surface area contributed by atoms with Crippen LogP contribution in [0.4, 0.5) is 26.2 Å². The Morgan fingerprint density at radius 3 is 2.71 bits per heavy atom. The van der Waals surface area contributed by atoms with Gasteiger partial charge in [0.25, 0.3) is 0 Å². The average Bonchev–Trinajstić information content (AvgIpc) is 3.18. The van der Waals surface area contributed by atoms with Gasteiger partial charge in [0.15, 0.2) is 17.4 Å². The van der Waals surface area contributed by atoms with Crippen LogP contribution in [0.25, 0.3) is 11.3 Å². The van der Waals surface area contributed by atoms with Crippen molar-refractivity contribution in [2.75, 3.05) is 23.8 Å². The number of aromatic nitrogens is 3. The van der Waals surface area contributed by atoms with E-state index in [9.17, 15) is 4.39 Å². The number of nitrogens with one attached hydrogen (secondary N) is 1. The van der Waals surface area contributed by atoms with Crippen LogP contribution in [0.3, 0.4) is 0 Å². The third kappa shape index (κ3) is 4.52. The van der Waals surface area contributed by atoms with Gasteiger partial charge in [0.05, 0.1) is 24.1 Å². The molecule has 0 bridgehead atoms. The van der Waals surface area contributed by atoms with Crippen LogP contribution in [0, 0.1) is 11.6 Å². The van der Waals surface area contributed by atoms with Gasteiger partial charge in [-0.2, -0.15) is 0 Å². The highest BCUT2D eigenvalue weighted by atomic mass is 19.1. The number of benzene rings is 1. The minimum Gasteiger partial charge on any atom is -0.481 e. The number of halogens is 2. The van der Waals surface area contributed by atoms with Crippen LogP contribution in [0.2, 0.25) is 0 Å². The molecular formula is C26H30F2N6O. The van der Waals surface area contributed by atoms with E-state index >= 15 is 4.39 Å². The molecule has 7 nitrogen and oxygen atoms in total. The summed E-state index contributed by atoms with van der Waals surface area (Å²) in [6, 6.07) is 7.05. The van der Waals surface area contributed by atoms with E-state index in [0.29, 0.717) is 23.6 Å². The smallest absolute Gasteiger partial charge is 0.229 e. The molecule has 0 saturated carbocycles. The third-order valence-electron chi connectivity index (χ3n) is 6.57. The minimum atomic E-state index is -0.634. The number of pyridine rings is 1. The maximum atomic E-state index is 15.3. The summed E-state index contributed by atoms with van der Waals surface area (Å²) in [6.07, 6.45) is 1.97. The predicted molar refractivity (Wildman–Crippen MR) is 132 cm³/mol. The summed E-state index contributed by atoms with van der Waals surface area (Å²) in [4.78, 5) is 17.4. The van der Waals surface area contributed by atoms with Crippen molar-refractivity contribution >= 4 is 17.5 Å². The second-order valence-corrected chi connectivity index (χ2v) is 10.0. The molecule has 0 fully saturated rings. The van der Waals surface area contributed by atoms with Crippen LogP contribution in [0.5, 0.6) is 5.75 Å². The van der Waals surface area contributed by atoms with E-state index < -0.39 is 17.2 Å². The van der Waals surface area contributed by atoms with E-state index in [4.69, 9.17) is 4.74 Å². The van der Waals surface area contributed by atoms with E-state index in [0.717, 1.165) is 31.4 Å². The average molecular weight is 481 g/mol. The van der Waals surface area contributed by atoms with Gasteiger partial charge in [0.2, 0.25) is 5.95 Å². The van der Waals surface area contributed by atoms with Gasteiger partial charge in [0.1, 0.15) is 17.1 Å². The lowest BCUT2D eigenvalue weighted by molar-refractivity contribution is 0.0960. The van der Waals surface area contributed by atoms with E-state index in [1.807, 2.05) is 33.0 Å². The van der Waals surface area contributed by atoms with Crippen molar-refractivity contribution in [3.05, 3.63) is 53.4 Å². The Morgan fingerprint density at radius 2 is 1.94 bits per heavy atom. The number of rotatable bonds is 5. The summed E-state index contributed by atoms with van der Waals surface area (Å²) >= 11 is 0. The van der Waals surface area contributed by atoms with Gasteiger partial charge in [-0.3, -0.25) is 4.90 Å². The molecule has 1 N–H and O–H groups in total. The first-order valence-corrected chi connectivity index (χ1v) is 11.9. The molecule has 1 aromatic carbocycles. The van der Waals surface area contributed by atoms with Crippen molar-refractivity contribution in [3.63, 3.8) is 0 Å². The summed E-state index contributed by atoms with van der Waals surface area (Å²) in [5.41, 5.74) is 2.56. The Balaban J connectivity index is 1.51. The monoisotopic (exact) mass is 480 g/mol. The van der Waals surface area contributed by atoms with E-state index in [1.54, 1.807) is 6.07 Å². The van der Waals surface area contributed by atoms with Crippen molar-refractivity contribution in [3.8, 4) is 17.0 Å². The molecule has 9 heteroatoms. The molecule has 2 aliphatic heterocycles. The fourth-order valence-corrected chi connectivity index (χ4v) is 4.68. The lowest BCUT2D eigenvalue weighted by Gasteiger charge is -2.44. The number of fused-ring (bicyclic) bond motifs is 2. The first-order valence-electron chi connectivity index (χ1n) is 11.9. The second-order valence-electron chi connectivity index (χ2n) is 10.0. The Bertz CT molecular complexity index is 1280. The van der Waals surface area contributed by atoms with Gasteiger partial charge in [-0.05, 0) is 58.0 Å². The van der Waals surface area contributed by atoms with Gasteiger partial charge in [-0.25, -0.2) is 23.7 Å². The number of nitrogens with zero attached hydrogens (tertiary/aromatic N) is 5. The summed E-state index contributed by atoms with van der Waals surface area (Å²) in [6.45, 7) is 10.3. The standard InChI is InChI=1S/C26H30F2N6O/c1-6-15(2)34-14-26(3,4)35-24-18(27)9-17(10-21(24)34)23-19(28)11-29-25(32-23)31-22-8-7-16-12-33(5)13-20(16)30-22/h7-11,15H,6,12-14H2,1-5H3,(H,29,30,31,32). The zero-order valence-corrected chi connectivity index (χ0v) is 20.7. The van der Waals surface area contributed by atoms with Gasteiger partial charge < -0.3 is 15.0 Å². The van der Waals surface area contributed by atoms with Crippen LogP contribution in [0.15, 0.2) is 30.5 Å². The van der Waals surface area contributed by atoms with E-state index in [2.05, 4.69) is 43.9 Å². The number of hydrogen-bond donors (Lipinski definition) is 1. The van der Waals surface area contributed by atoms with Crippen LogP contribution < -0.4 is 15.0 Å². The molecule has 0 amide bonds. The van der Waals surface area contributed by atoms with E-state index in [-0.39, 0.29) is 23.4 Å². The quantitative estimate of drug-likeness (QED) is 0.533. The van der Waals surface area contributed by atoms with Crippen molar-refractivity contribution < 1.29 is 13.5 Å². The summed E-state index contributed by atoms with van der Waals surface area (Å²) < 4.78 is 36.2. The zero-order valence-electron chi connectivity index (χ0n) is 20.7. The van der Waals surface area contributed by atoms with Crippen LogP contribution >= 0.6 is 0 Å². The molecule has 0 aliphatic carbocycles. The summed E-state index contributed by atoms with van der Waals surface area (Å²) in [5.74, 6) is -0.229. The SMILES string of the molecule is CCC(C)N1CC(C)(C)Oc2c(F)cc(-c3nc(Nc4ccc5c(n4)CN(C)C5)ncc3F)cc21. The van der Waals surface area contributed by atoms with Gasteiger partial charge in [-0.15, -0.1) is 0 Å². The highest BCUT2D eigenvalue weighted by Crippen LogP contribution is 2.43. The van der Waals surface area contributed by atoms with Crippen LogP contribution in [0.1, 0.15) is 45.4 Å². The molecular weight excluding hydrogens is 450 g/mol. The van der Waals surface area contributed by atoms with Crippen molar-refractivity contribution in [2.24, 2.45) is 0 Å². The summed E-state index contributed by atoms with van der Waals surface area (Å²) in [5, 5.41) is 3.06. The molecule has 0 spiro atoms. The Labute approximate surface area is 204 Å². The zero-order chi connectivity index (χ0) is 24.9. The molecule has 0 saturated heterocycles. The van der Waals surface area contributed by atoms with Crippen LogP contribution in [-0.4, -0.2) is 45.1 Å². The fraction of sp³-hybridized carbons (Fsp3) is 0.423. The van der Waals surface area contributed by atoms with Gasteiger partial charge in [0, 0.05) is 24.7 Å². The van der Waals surface area contributed by atoms with Gasteiger partial charge in [-0.1, -0.05) is 13.0 Å². The van der Waals surface area contributed by atoms with Crippen LogP contribution in [-0.2, 0) is 13.1 Å². The number of hydrogen-bond acceptors (Lipinski definition) is 7. The third-order valence-corrected chi connectivity index (χ3v) is 6.57. The first-order chi connectivity index (χ1) is 16.6. The Kier molecular flexibility index (Phi) is 5.83. The van der Waals surface area contributed by atoms with E-state index in [1.165, 1.54) is 11.6 Å². The second kappa shape index (κ2) is 8.71. The van der Waals surface area contributed by atoms with Gasteiger partial charge >= 0.3 is 0 Å². The minimum absolute atomic E-state index is 0.0130. The van der Waals surface area contributed by atoms with Crippen molar-refractivity contribution in [2.45, 2.75) is 58.8 Å². The first kappa shape index (κ1) is 23.4. The maximum absolute atomic E-state index is 15.3. The fourth-order valence-electron chi connectivity index (χ4n) is 4.68. The molecule has 1 atom stereocenters. The highest BCUT2D eigenvalue weighted by Gasteiger charge is 2.36. The molecule has 3 aromatic rings. The molecule has 4 heterocycles. The number of anilines is 3. The Hall–Kier alpha value is -3.33.